The molecule has 268 valence electrons. The van der Waals surface area contributed by atoms with Crippen molar-refractivity contribution in [2.24, 2.45) is 0 Å². The number of thiophene rings is 1. The molecule has 0 radical (unpaired) electrons. The largest absolute Gasteiger partial charge is 0.454 e. The summed E-state index contributed by atoms with van der Waals surface area (Å²) in [5.74, 6) is 1.67. The van der Waals surface area contributed by atoms with Crippen LogP contribution in [0, 0.1) is 13.8 Å². The lowest BCUT2D eigenvalue weighted by Crippen LogP contribution is -2.60. The number of benzene rings is 5. The Balaban J connectivity index is 1.39. The maximum atomic E-state index is 6.15. The zero-order valence-electron chi connectivity index (χ0n) is 33.0. The minimum Gasteiger partial charge on any atom is -0.454 e. The fourth-order valence-corrected chi connectivity index (χ4v) is 9.98. The summed E-state index contributed by atoms with van der Waals surface area (Å²) in [6, 6.07) is 32.7. The van der Waals surface area contributed by atoms with Crippen LogP contribution in [0.2, 0.25) is 0 Å². The Bertz CT molecular complexity index is 2480. The van der Waals surface area contributed by atoms with Gasteiger partial charge in [-0.25, -0.2) is 0 Å². The SMILES string of the molecule is Cc1cc2c(c(C)c1N1c3cccc4c3B(c3cc(C(C)(C)C)ccc3N4c3ccc(C(C)(C)C)cc3)c3sc4ccc(C(C)(C)C)cc4c31)OCO2. The quantitative estimate of drug-likeness (QED) is 0.166. The van der Waals surface area contributed by atoms with E-state index in [9.17, 15) is 0 Å². The van der Waals surface area contributed by atoms with Crippen molar-refractivity contribution in [1.29, 1.82) is 0 Å². The standard InChI is InChI=1S/C47H49BN2O2S/c1-27-23-38-43(52-26-51-38)28(2)41(27)50-37-14-12-13-36-40(37)48(44-42(50)33-24-30(46(6,7)8)18-22-39(33)53-44)34-25-31(47(9,10)11)17-21-35(34)49(36)32-19-15-29(16-20-32)45(3,4)5/h12-25H,26H2,1-11H3. The van der Waals surface area contributed by atoms with Crippen molar-refractivity contribution in [3.63, 3.8) is 0 Å². The zero-order valence-corrected chi connectivity index (χ0v) is 33.8. The molecule has 3 aliphatic rings. The van der Waals surface area contributed by atoms with Crippen molar-refractivity contribution in [2.75, 3.05) is 16.6 Å². The number of fused-ring (bicyclic) bond motifs is 7. The van der Waals surface area contributed by atoms with Gasteiger partial charge in [-0.2, -0.15) is 0 Å². The van der Waals surface area contributed by atoms with Gasteiger partial charge in [-0.05, 0) is 112 Å². The first-order chi connectivity index (χ1) is 25.0. The molecular formula is C47H49BN2O2S. The minimum atomic E-state index is 0.0000286. The molecule has 6 aromatic rings. The second-order valence-electron chi connectivity index (χ2n) is 18.3. The van der Waals surface area contributed by atoms with E-state index in [1.807, 2.05) is 11.3 Å². The highest BCUT2D eigenvalue weighted by molar-refractivity contribution is 7.33. The Morgan fingerprint density at radius 2 is 1.25 bits per heavy atom. The molecule has 0 aliphatic carbocycles. The van der Waals surface area contributed by atoms with Gasteiger partial charge in [-0.1, -0.05) is 98.7 Å². The number of anilines is 6. The maximum absolute atomic E-state index is 6.15. The molecule has 5 aromatic carbocycles. The molecule has 0 unspecified atom stereocenters. The molecule has 0 N–H and O–H groups in total. The summed E-state index contributed by atoms with van der Waals surface area (Å²) < 4.78 is 14.8. The third kappa shape index (κ3) is 5.16. The van der Waals surface area contributed by atoms with E-state index in [4.69, 9.17) is 9.47 Å². The number of hydrogen-bond donors (Lipinski definition) is 0. The molecule has 9 rings (SSSR count). The smallest absolute Gasteiger partial charge is 0.264 e. The Morgan fingerprint density at radius 3 is 1.92 bits per heavy atom. The average Bonchev–Trinajstić information content (AvgIpc) is 3.72. The third-order valence-corrected chi connectivity index (χ3v) is 12.8. The Hall–Kier alpha value is -4.68. The first-order valence-corrected chi connectivity index (χ1v) is 19.8. The van der Waals surface area contributed by atoms with Gasteiger partial charge in [0.2, 0.25) is 6.79 Å². The molecule has 3 aliphatic heterocycles. The molecule has 0 saturated heterocycles. The van der Waals surface area contributed by atoms with Gasteiger partial charge in [0.05, 0.1) is 11.4 Å². The molecule has 0 atom stereocenters. The lowest BCUT2D eigenvalue weighted by Gasteiger charge is -2.44. The van der Waals surface area contributed by atoms with Crippen molar-refractivity contribution in [3.05, 3.63) is 113 Å². The fourth-order valence-electron chi connectivity index (χ4n) is 8.68. The summed E-state index contributed by atoms with van der Waals surface area (Å²) in [6.45, 7) is 25.5. The van der Waals surface area contributed by atoms with Crippen LogP contribution in [-0.4, -0.2) is 13.5 Å². The van der Waals surface area contributed by atoms with Crippen LogP contribution in [0.1, 0.15) is 90.1 Å². The first-order valence-electron chi connectivity index (χ1n) is 19.0. The van der Waals surface area contributed by atoms with Crippen LogP contribution >= 0.6 is 11.3 Å². The highest BCUT2D eigenvalue weighted by Gasteiger charge is 2.46. The van der Waals surface area contributed by atoms with E-state index in [2.05, 4.69) is 171 Å². The molecule has 1 aromatic heterocycles. The van der Waals surface area contributed by atoms with Crippen LogP contribution < -0.4 is 35.0 Å². The lowest BCUT2D eigenvalue weighted by atomic mass is 9.36. The summed E-state index contributed by atoms with van der Waals surface area (Å²) >= 11 is 1.96. The predicted octanol–water partition coefficient (Wildman–Crippen LogP) is 11.2. The normalized spacial score (nSPS) is 14.8. The van der Waals surface area contributed by atoms with Gasteiger partial charge in [0.15, 0.2) is 11.5 Å². The van der Waals surface area contributed by atoms with Crippen LogP contribution in [0.15, 0.2) is 84.9 Å². The van der Waals surface area contributed by atoms with E-state index in [0.29, 0.717) is 0 Å². The number of rotatable bonds is 2. The molecule has 0 saturated carbocycles. The summed E-state index contributed by atoms with van der Waals surface area (Å²) in [4.78, 5) is 5.08. The van der Waals surface area contributed by atoms with Crippen LogP contribution in [0.25, 0.3) is 10.1 Å². The monoisotopic (exact) mass is 716 g/mol. The minimum absolute atomic E-state index is 0.0000286. The van der Waals surface area contributed by atoms with Crippen molar-refractivity contribution in [1.82, 2.24) is 0 Å². The third-order valence-electron chi connectivity index (χ3n) is 11.6. The van der Waals surface area contributed by atoms with Gasteiger partial charge in [0.25, 0.3) is 6.71 Å². The van der Waals surface area contributed by atoms with E-state index in [1.54, 1.807) is 0 Å². The van der Waals surface area contributed by atoms with E-state index >= 15 is 0 Å². The molecule has 4 heterocycles. The molecule has 6 heteroatoms. The Morgan fingerprint density at radius 1 is 0.623 bits per heavy atom. The first kappa shape index (κ1) is 34.1. The second-order valence-corrected chi connectivity index (χ2v) is 19.4. The van der Waals surface area contributed by atoms with Gasteiger partial charge in [-0.15, -0.1) is 11.3 Å². The molecule has 0 amide bonds. The van der Waals surface area contributed by atoms with Gasteiger partial charge < -0.3 is 19.3 Å². The summed E-state index contributed by atoms with van der Waals surface area (Å²) in [7, 11) is 0. The molecular weight excluding hydrogens is 667 g/mol. The summed E-state index contributed by atoms with van der Waals surface area (Å²) in [5.41, 5.74) is 16.4. The molecule has 4 nitrogen and oxygen atoms in total. The van der Waals surface area contributed by atoms with Gasteiger partial charge in [0.1, 0.15) is 0 Å². The van der Waals surface area contributed by atoms with Crippen molar-refractivity contribution in [2.45, 2.75) is 92.4 Å². The van der Waals surface area contributed by atoms with Crippen LogP contribution in [-0.2, 0) is 16.2 Å². The number of nitrogens with zero attached hydrogens (tertiary/aromatic N) is 2. The second kappa shape index (κ2) is 11.4. The topological polar surface area (TPSA) is 24.9 Å². The number of aryl methyl sites for hydroxylation is 1. The van der Waals surface area contributed by atoms with Crippen molar-refractivity contribution in [3.8, 4) is 11.5 Å². The van der Waals surface area contributed by atoms with Crippen molar-refractivity contribution < 1.29 is 9.47 Å². The zero-order chi connectivity index (χ0) is 37.4. The summed E-state index contributed by atoms with van der Waals surface area (Å²) in [6.07, 6.45) is 0. The van der Waals surface area contributed by atoms with Crippen LogP contribution in [0.3, 0.4) is 0 Å². The van der Waals surface area contributed by atoms with Gasteiger partial charge >= 0.3 is 0 Å². The van der Waals surface area contributed by atoms with E-state index in [-0.39, 0.29) is 29.8 Å². The van der Waals surface area contributed by atoms with Gasteiger partial charge in [0, 0.05) is 43.2 Å². The number of ether oxygens (including phenoxy) is 2. The van der Waals surface area contributed by atoms with Gasteiger partial charge in [-0.3, -0.25) is 0 Å². The lowest BCUT2D eigenvalue weighted by molar-refractivity contribution is 0.173. The average molecular weight is 717 g/mol. The van der Waals surface area contributed by atoms with Crippen LogP contribution in [0.5, 0.6) is 11.5 Å². The molecule has 53 heavy (non-hydrogen) atoms. The number of hydrogen-bond acceptors (Lipinski definition) is 5. The maximum Gasteiger partial charge on any atom is 0.264 e. The van der Waals surface area contributed by atoms with Crippen molar-refractivity contribution >= 4 is 78.0 Å². The molecule has 0 fully saturated rings. The van der Waals surface area contributed by atoms with E-state index < -0.39 is 0 Å². The highest BCUT2D eigenvalue weighted by atomic mass is 32.1. The van der Waals surface area contributed by atoms with E-state index in [0.717, 1.165) is 17.1 Å². The van der Waals surface area contributed by atoms with E-state index in [1.165, 1.54) is 82.2 Å². The molecule has 0 spiro atoms. The summed E-state index contributed by atoms with van der Waals surface area (Å²) in [5, 5.41) is 1.30. The molecule has 0 bridgehead atoms. The van der Waals surface area contributed by atoms with Crippen LogP contribution in [0.4, 0.5) is 34.1 Å². The Labute approximate surface area is 319 Å². The Kier molecular flexibility index (Phi) is 7.35. The predicted molar refractivity (Wildman–Crippen MR) is 228 cm³/mol. The highest BCUT2D eigenvalue weighted by Crippen LogP contribution is 2.52. The fraction of sp³-hybridized carbons (Fsp3) is 0.319.